The van der Waals surface area contributed by atoms with Crippen LogP contribution in [-0.2, 0) is 9.59 Å². The van der Waals surface area contributed by atoms with Crippen molar-refractivity contribution in [1.82, 2.24) is 14.8 Å². The van der Waals surface area contributed by atoms with Crippen LogP contribution in [0, 0.1) is 6.92 Å². The molecule has 2 aliphatic heterocycles. The monoisotopic (exact) mass is 470 g/mol. The predicted molar refractivity (Wildman–Crippen MR) is 128 cm³/mol. The number of carbonyl (C=O) groups excluding carboxylic acids is 2. The van der Waals surface area contributed by atoms with Crippen LogP contribution < -0.4 is 9.64 Å². The first kappa shape index (κ1) is 24.1. The van der Waals surface area contributed by atoms with Crippen molar-refractivity contribution >= 4 is 17.5 Å². The molecule has 1 atom stereocenters. The van der Waals surface area contributed by atoms with Gasteiger partial charge in [-0.15, -0.1) is 0 Å². The fraction of sp³-hybridized carbons (Fsp3) is 0.560. The van der Waals surface area contributed by atoms with E-state index < -0.39 is 0 Å². The molecule has 2 amide bonds. The van der Waals surface area contributed by atoms with Crippen LogP contribution >= 0.6 is 0 Å². The normalized spacial score (nSPS) is 19.3. The summed E-state index contributed by atoms with van der Waals surface area (Å²) in [6.45, 7) is 4.36. The maximum Gasteiger partial charge on any atom is 0.242 e. The molecule has 0 aliphatic carbocycles. The molecule has 2 aliphatic rings. The summed E-state index contributed by atoms with van der Waals surface area (Å²) in [5.41, 5.74) is 1.78. The third-order valence-corrected chi connectivity index (χ3v) is 6.76. The fourth-order valence-corrected chi connectivity index (χ4v) is 4.89. The lowest BCUT2D eigenvalue weighted by atomic mass is 9.99. The van der Waals surface area contributed by atoms with Gasteiger partial charge in [0.25, 0.3) is 0 Å². The molecule has 34 heavy (non-hydrogen) atoms. The first-order valence-electron chi connectivity index (χ1n) is 12.0. The summed E-state index contributed by atoms with van der Waals surface area (Å²) in [6, 6.07) is 5.96. The lowest BCUT2D eigenvalue weighted by molar-refractivity contribution is -0.142. The van der Waals surface area contributed by atoms with Crippen molar-refractivity contribution in [2.75, 3.05) is 51.3 Å². The van der Waals surface area contributed by atoms with Gasteiger partial charge in [0.2, 0.25) is 11.8 Å². The number of benzene rings is 1. The summed E-state index contributed by atoms with van der Waals surface area (Å²) in [6.07, 6.45) is 5.59. The van der Waals surface area contributed by atoms with Gasteiger partial charge >= 0.3 is 0 Å². The van der Waals surface area contributed by atoms with E-state index in [0.717, 1.165) is 30.5 Å². The molecule has 1 aromatic carbocycles. The largest absolute Gasteiger partial charge is 0.496 e. The van der Waals surface area contributed by atoms with Gasteiger partial charge < -0.3 is 29.0 Å². The van der Waals surface area contributed by atoms with E-state index in [-0.39, 0.29) is 31.0 Å². The van der Waals surface area contributed by atoms with E-state index in [9.17, 15) is 14.7 Å². The Labute approximate surface area is 200 Å². The highest BCUT2D eigenvalue weighted by Crippen LogP contribution is 2.34. The highest BCUT2D eigenvalue weighted by atomic mass is 16.5. The smallest absolute Gasteiger partial charge is 0.242 e. The summed E-state index contributed by atoms with van der Waals surface area (Å²) in [5, 5.41) is 9.35. The summed E-state index contributed by atoms with van der Waals surface area (Å²) >= 11 is 0. The molecule has 2 fully saturated rings. The van der Waals surface area contributed by atoms with E-state index in [4.69, 9.17) is 9.15 Å². The third-order valence-electron chi connectivity index (χ3n) is 6.76. The quantitative estimate of drug-likeness (QED) is 0.664. The van der Waals surface area contributed by atoms with E-state index >= 15 is 0 Å². The van der Waals surface area contributed by atoms with Gasteiger partial charge in [-0.2, -0.15) is 0 Å². The van der Waals surface area contributed by atoms with Gasteiger partial charge in [-0.3, -0.25) is 9.59 Å². The van der Waals surface area contributed by atoms with Gasteiger partial charge in [0.05, 0.1) is 25.4 Å². The fourth-order valence-electron chi connectivity index (χ4n) is 4.89. The number of nitrogens with zero attached hydrogens (tertiary/aromatic N) is 4. The third kappa shape index (κ3) is 5.35. The van der Waals surface area contributed by atoms with Crippen LogP contribution in [0.1, 0.15) is 38.0 Å². The number of oxazole rings is 1. The lowest BCUT2D eigenvalue weighted by Crippen LogP contribution is -2.49. The Kier molecular flexibility index (Phi) is 7.72. The van der Waals surface area contributed by atoms with Gasteiger partial charge in [0.15, 0.2) is 11.7 Å². The molecule has 0 spiro atoms. The number of aromatic nitrogens is 1. The second-order valence-electron chi connectivity index (χ2n) is 8.93. The molecule has 184 valence electrons. The first-order chi connectivity index (χ1) is 16.5. The highest BCUT2D eigenvalue weighted by molar-refractivity contribution is 5.85. The molecule has 0 saturated carbocycles. The van der Waals surface area contributed by atoms with E-state index in [2.05, 4.69) is 9.88 Å². The van der Waals surface area contributed by atoms with Crippen molar-refractivity contribution in [3.63, 3.8) is 0 Å². The number of methoxy groups -OCH3 is 1. The first-order valence-corrected chi connectivity index (χ1v) is 12.0. The summed E-state index contributed by atoms with van der Waals surface area (Å²) in [7, 11) is 1.62. The second-order valence-corrected chi connectivity index (χ2v) is 8.93. The van der Waals surface area contributed by atoms with Crippen molar-refractivity contribution in [3.8, 4) is 17.1 Å². The number of aliphatic hydroxyl groups is 1. The number of rotatable bonds is 7. The van der Waals surface area contributed by atoms with Crippen LogP contribution in [0.3, 0.4) is 0 Å². The number of amides is 2. The molecule has 2 aromatic rings. The van der Waals surface area contributed by atoms with E-state index in [1.165, 1.54) is 0 Å². The molecule has 1 N–H and O–H groups in total. The lowest BCUT2D eigenvalue weighted by Gasteiger charge is -2.37. The molecule has 1 aromatic heterocycles. The topological polar surface area (TPSA) is 99.4 Å². The number of ether oxygens (including phenoxy) is 1. The maximum atomic E-state index is 13.0. The molecule has 9 heteroatoms. The van der Waals surface area contributed by atoms with Crippen molar-refractivity contribution in [3.05, 3.63) is 30.3 Å². The standard InChI is InChI=1S/C25H34N4O5/c1-18-26-16-23(34-18)21-7-6-20(15-22(21)33-2)27-11-8-24(31)28(13-12-27)17-25(32)29-10-4-3-5-19(29)9-14-30/h6-7,15-16,19,30H,3-5,8-14,17H2,1-2H3. The zero-order chi connectivity index (χ0) is 24.1. The van der Waals surface area contributed by atoms with Crippen LogP contribution in [0.4, 0.5) is 5.69 Å². The van der Waals surface area contributed by atoms with Crippen LogP contribution in [0.2, 0.25) is 0 Å². The van der Waals surface area contributed by atoms with Gasteiger partial charge in [-0.25, -0.2) is 4.98 Å². The number of carbonyl (C=O) groups is 2. The minimum Gasteiger partial charge on any atom is -0.496 e. The Morgan fingerprint density at radius 3 is 2.82 bits per heavy atom. The van der Waals surface area contributed by atoms with Crippen molar-refractivity contribution in [1.29, 1.82) is 0 Å². The van der Waals surface area contributed by atoms with Gasteiger partial charge in [-0.05, 0) is 37.8 Å². The molecule has 2 saturated heterocycles. The van der Waals surface area contributed by atoms with E-state index in [1.54, 1.807) is 25.1 Å². The minimum absolute atomic E-state index is 0.00714. The zero-order valence-electron chi connectivity index (χ0n) is 20.0. The zero-order valence-corrected chi connectivity index (χ0v) is 20.0. The highest BCUT2D eigenvalue weighted by Gasteiger charge is 2.30. The number of likely N-dealkylation sites (tertiary alicyclic amines) is 1. The van der Waals surface area contributed by atoms with Crippen molar-refractivity contribution < 1.29 is 23.8 Å². The Bertz CT molecular complexity index is 1000. The SMILES string of the molecule is COc1cc(N2CCC(=O)N(CC(=O)N3CCCCC3CCO)CC2)ccc1-c1cnc(C)o1. The number of aryl methyl sites for hydroxylation is 1. The Hall–Kier alpha value is -3.07. The predicted octanol–water partition coefficient (Wildman–Crippen LogP) is 2.46. The van der Waals surface area contributed by atoms with E-state index in [0.29, 0.717) is 56.4 Å². The Morgan fingerprint density at radius 2 is 2.09 bits per heavy atom. The minimum atomic E-state index is -0.0201. The molecular formula is C25H34N4O5. The van der Waals surface area contributed by atoms with Crippen molar-refractivity contribution in [2.24, 2.45) is 0 Å². The molecule has 4 rings (SSSR count). The van der Waals surface area contributed by atoms with Gasteiger partial charge in [0, 0.05) is 63.9 Å². The maximum absolute atomic E-state index is 13.0. The summed E-state index contributed by atoms with van der Waals surface area (Å²) in [4.78, 5) is 35.7. The molecule has 3 heterocycles. The molecule has 0 bridgehead atoms. The Morgan fingerprint density at radius 1 is 1.24 bits per heavy atom. The second kappa shape index (κ2) is 10.9. The summed E-state index contributed by atoms with van der Waals surface area (Å²) in [5.74, 6) is 1.89. The number of piperidine rings is 1. The number of anilines is 1. The van der Waals surface area contributed by atoms with Crippen LogP contribution in [-0.4, -0.2) is 84.2 Å². The van der Waals surface area contributed by atoms with E-state index in [1.807, 2.05) is 23.1 Å². The van der Waals surface area contributed by atoms with Gasteiger partial charge in [-0.1, -0.05) is 0 Å². The molecule has 1 unspecified atom stereocenters. The molecule has 0 radical (unpaired) electrons. The van der Waals surface area contributed by atoms with Crippen molar-refractivity contribution in [2.45, 2.75) is 45.1 Å². The molecule has 9 nitrogen and oxygen atoms in total. The average Bonchev–Trinajstić information content (AvgIpc) is 3.20. The van der Waals surface area contributed by atoms with Gasteiger partial charge in [0.1, 0.15) is 5.75 Å². The van der Waals surface area contributed by atoms with Crippen LogP contribution in [0.25, 0.3) is 11.3 Å². The average molecular weight is 471 g/mol. The molecular weight excluding hydrogens is 436 g/mol. The number of aliphatic hydroxyl groups excluding tert-OH is 1. The number of hydrogen-bond donors (Lipinski definition) is 1. The summed E-state index contributed by atoms with van der Waals surface area (Å²) < 4.78 is 11.3. The number of hydrogen-bond acceptors (Lipinski definition) is 7. The van der Waals surface area contributed by atoms with Crippen LogP contribution in [0.15, 0.2) is 28.8 Å². The Balaban J connectivity index is 1.42. The van der Waals surface area contributed by atoms with Crippen LogP contribution in [0.5, 0.6) is 5.75 Å².